The van der Waals surface area contributed by atoms with Gasteiger partial charge in [-0.05, 0) is 46.9 Å². The highest BCUT2D eigenvalue weighted by Gasteiger charge is 2.18. The molecule has 2 unspecified atom stereocenters. The molecule has 0 saturated carbocycles. The van der Waals surface area contributed by atoms with Crippen molar-refractivity contribution in [3.8, 4) is 0 Å². The topological polar surface area (TPSA) is 12.0 Å². The fourth-order valence-electron chi connectivity index (χ4n) is 1.94. The number of benzene rings is 1. The lowest BCUT2D eigenvalue weighted by atomic mass is 9.94. The third-order valence-electron chi connectivity index (χ3n) is 3.20. The van der Waals surface area contributed by atoms with E-state index in [1.54, 1.807) is 6.07 Å². The Morgan fingerprint density at radius 3 is 2.61 bits per heavy atom. The summed E-state index contributed by atoms with van der Waals surface area (Å²) in [7, 11) is 0. The van der Waals surface area contributed by atoms with Gasteiger partial charge in [0.05, 0.1) is 5.02 Å². The van der Waals surface area contributed by atoms with E-state index in [1.807, 2.05) is 6.92 Å². The molecular weight excluding hydrogens is 317 g/mol. The van der Waals surface area contributed by atoms with Crippen molar-refractivity contribution in [1.82, 2.24) is 5.32 Å². The van der Waals surface area contributed by atoms with Crippen LogP contribution >= 0.6 is 27.5 Å². The van der Waals surface area contributed by atoms with Crippen molar-refractivity contribution < 1.29 is 4.39 Å². The zero-order valence-electron chi connectivity index (χ0n) is 11.1. The minimum Gasteiger partial charge on any atom is -0.310 e. The second kappa shape index (κ2) is 7.46. The Hall–Kier alpha value is -0.120. The van der Waals surface area contributed by atoms with E-state index in [9.17, 15) is 4.39 Å². The molecule has 0 bridgehead atoms. The average molecular weight is 337 g/mol. The minimum atomic E-state index is -0.208. The Bertz CT molecular complexity index is 398. The van der Waals surface area contributed by atoms with Crippen LogP contribution in [0.15, 0.2) is 16.6 Å². The van der Waals surface area contributed by atoms with Gasteiger partial charge in [0.1, 0.15) is 5.82 Å². The lowest BCUT2D eigenvalue weighted by Crippen LogP contribution is -2.23. The molecule has 1 N–H and O–H groups in total. The van der Waals surface area contributed by atoms with E-state index in [-0.39, 0.29) is 11.9 Å². The van der Waals surface area contributed by atoms with Crippen LogP contribution in [0.1, 0.15) is 45.2 Å². The average Bonchev–Trinajstić information content (AvgIpc) is 2.33. The number of nitrogens with one attached hydrogen (secondary N) is 1. The van der Waals surface area contributed by atoms with E-state index in [0.29, 0.717) is 21.0 Å². The Morgan fingerprint density at radius 2 is 2.06 bits per heavy atom. The van der Waals surface area contributed by atoms with Crippen LogP contribution in [0.2, 0.25) is 5.02 Å². The molecule has 0 radical (unpaired) electrons. The maximum Gasteiger partial charge on any atom is 0.129 e. The van der Waals surface area contributed by atoms with Crippen molar-refractivity contribution in [3.05, 3.63) is 33.0 Å². The first kappa shape index (κ1) is 15.9. The molecule has 0 aliphatic rings. The molecule has 1 aromatic rings. The molecule has 0 amide bonds. The van der Waals surface area contributed by atoms with Crippen LogP contribution < -0.4 is 5.32 Å². The van der Waals surface area contributed by atoms with Gasteiger partial charge in [-0.15, -0.1) is 0 Å². The first-order valence-corrected chi connectivity index (χ1v) is 7.54. The van der Waals surface area contributed by atoms with Gasteiger partial charge < -0.3 is 5.32 Å². The van der Waals surface area contributed by atoms with Gasteiger partial charge in [0.2, 0.25) is 0 Å². The second-order valence-corrected chi connectivity index (χ2v) is 5.91. The molecular formula is C14H20BrClFN. The molecule has 1 rings (SSSR count). The zero-order chi connectivity index (χ0) is 13.7. The van der Waals surface area contributed by atoms with Gasteiger partial charge in [0.15, 0.2) is 0 Å². The summed E-state index contributed by atoms with van der Waals surface area (Å²) in [6, 6.07) is 3.19. The van der Waals surface area contributed by atoms with Gasteiger partial charge in [-0.2, -0.15) is 0 Å². The molecule has 0 saturated heterocycles. The zero-order valence-corrected chi connectivity index (χ0v) is 13.4. The summed E-state index contributed by atoms with van der Waals surface area (Å²) in [5.74, 6) is 0.344. The van der Waals surface area contributed by atoms with Crippen LogP contribution in [0.5, 0.6) is 0 Å². The molecule has 0 aromatic heterocycles. The number of rotatable bonds is 6. The monoisotopic (exact) mass is 335 g/mol. The summed E-state index contributed by atoms with van der Waals surface area (Å²) in [4.78, 5) is 0. The largest absolute Gasteiger partial charge is 0.310 e. The fourth-order valence-corrected chi connectivity index (χ4v) is 2.43. The molecule has 1 aromatic carbocycles. The summed E-state index contributed by atoms with van der Waals surface area (Å²) >= 11 is 9.30. The minimum absolute atomic E-state index is 0.0237. The third kappa shape index (κ3) is 4.22. The van der Waals surface area contributed by atoms with E-state index in [1.165, 1.54) is 6.07 Å². The molecule has 0 spiro atoms. The third-order valence-corrected chi connectivity index (χ3v) is 4.40. The Balaban J connectivity index is 3.01. The smallest absolute Gasteiger partial charge is 0.129 e. The van der Waals surface area contributed by atoms with Crippen molar-refractivity contribution in [2.24, 2.45) is 5.92 Å². The molecule has 0 heterocycles. The highest BCUT2D eigenvalue weighted by molar-refractivity contribution is 9.10. The van der Waals surface area contributed by atoms with Crippen molar-refractivity contribution in [3.63, 3.8) is 0 Å². The molecule has 0 aliphatic heterocycles. The van der Waals surface area contributed by atoms with E-state index < -0.39 is 0 Å². The van der Waals surface area contributed by atoms with Crippen LogP contribution in [0.3, 0.4) is 0 Å². The first-order valence-electron chi connectivity index (χ1n) is 6.37. The molecule has 2 atom stereocenters. The second-order valence-electron chi connectivity index (χ2n) is 4.65. The van der Waals surface area contributed by atoms with Crippen molar-refractivity contribution in [2.75, 3.05) is 6.54 Å². The van der Waals surface area contributed by atoms with Crippen LogP contribution in [0, 0.1) is 11.7 Å². The quantitative estimate of drug-likeness (QED) is 0.692. The lowest BCUT2D eigenvalue weighted by Gasteiger charge is -2.22. The predicted molar refractivity (Wildman–Crippen MR) is 79.6 cm³/mol. The summed E-state index contributed by atoms with van der Waals surface area (Å²) in [5, 5.41) is 3.89. The number of halogens is 3. The van der Waals surface area contributed by atoms with E-state index >= 15 is 0 Å². The normalized spacial score (nSPS) is 14.6. The summed E-state index contributed by atoms with van der Waals surface area (Å²) in [5.41, 5.74) is 0.658. The SMILES string of the molecule is CCNC(CC(C)CC)c1cc(Cl)c(Br)cc1F. The van der Waals surface area contributed by atoms with Gasteiger partial charge in [0.25, 0.3) is 0 Å². The Morgan fingerprint density at radius 1 is 1.39 bits per heavy atom. The number of hydrogen-bond acceptors (Lipinski definition) is 1. The van der Waals surface area contributed by atoms with E-state index in [4.69, 9.17) is 11.6 Å². The molecule has 102 valence electrons. The molecule has 1 nitrogen and oxygen atoms in total. The van der Waals surface area contributed by atoms with Gasteiger partial charge in [0, 0.05) is 16.1 Å². The van der Waals surface area contributed by atoms with E-state index in [0.717, 1.165) is 19.4 Å². The molecule has 0 aliphatic carbocycles. The van der Waals surface area contributed by atoms with Crippen LogP contribution in [0.25, 0.3) is 0 Å². The first-order chi connectivity index (χ1) is 8.49. The predicted octanol–water partition coefficient (Wildman–Crippen LogP) is 5.33. The Kier molecular flexibility index (Phi) is 6.61. The van der Waals surface area contributed by atoms with Crippen molar-refractivity contribution in [1.29, 1.82) is 0 Å². The van der Waals surface area contributed by atoms with Crippen LogP contribution in [0.4, 0.5) is 4.39 Å². The molecule has 0 fully saturated rings. The maximum absolute atomic E-state index is 14.0. The van der Waals surface area contributed by atoms with Gasteiger partial charge >= 0.3 is 0 Å². The van der Waals surface area contributed by atoms with E-state index in [2.05, 4.69) is 35.1 Å². The molecule has 18 heavy (non-hydrogen) atoms. The fraction of sp³-hybridized carbons (Fsp3) is 0.571. The summed E-state index contributed by atoms with van der Waals surface area (Å²) < 4.78 is 14.6. The lowest BCUT2D eigenvalue weighted by molar-refractivity contribution is 0.397. The van der Waals surface area contributed by atoms with Crippen molar-refractivity contribution in [2.45, 2.75) is 39.7 Å². The molecule has 4 heteroatoms. The maximum atomic E-state index is 14.0. The van der Waals surface area contributed by atoms with Crippen LogP contribution in [-0.2, 0) is 0 Å². The summed E-state index contributed by atoms with van der Waals surface area (Å²) in [6.07, 6.45) is 2.01. The number of hydrogen-bond donors (Lipinski definition) is 1. The van der Waals surface area contributed by atoms with Crippen LogP contribution in [-0.4, -0.2) is 6.54 Å². The Labute approximate surface area is 122 Å². The highest BCUT2D eigenvalue weighted by Crippen LogP contribution is 2.31. The van der Waals surface area contributed by atoms with Gasteiger partial charge in [-0.1, -0.05) is 38.8 Å². The summed E-state index contributed by atoms with van der Waals surface area (Å²) in [6.45, 7) is 7.18. The van der Waals surface area contributed by atoms with Crippen molar-refractivity contribution >= 4 is 27.5 Å². The van der Waals surface area contributed by atoms with Gasteiger partial charge in [-0.25, -0.2) is 4.39 Å². The standard InChI is InChI=1S/C14H20BrClFN/c1-4-9(3)6-14(18-5-2)10-7-12(16)11(15)8-13(10)17/h7-9,14,18H,4-6H2,1-3H3. The highest BCUT2D eigenvalue weighted by atomic mass is 79.9. The van der Waals surface area contributed by atoms with Gasteiger partial charge in [-0.3, -0.25) is 0 Å².